The highest BCUT2D eigenvalue weighted by atomic mass is 35.5. The molecule has 1 amide bonds. The highest BCUT2D eigenvalue weighted by molar-refractivity contribution is 7.80. The molecule has 0 bridgehead atoms. The Morgan fingerprint density at radius 2 is 2.21 bits per heavy atom. The molecule has 0 aromatic heterocycles. The van der Waals surface area contributed by atoms with Crippen LogP contribution in [0.25, 0.3) is 0 Å². The number of nitrogens with one attached hydrogen (secondary N) is 1. The summed E-state index contributed by atoms with van der Waals surface area (Å²) in [7, 11) is 3.52. The summed E-state index contributed by atoms with van der Waals surface area (Å²) >= 11 is 11.1. The standard InChI is InChI=1S/C13H18ClN3OS/c1-8(13(18)16-2)7-17(3)11-5-4-9(12(15)19)6-10(11)14/h4-6,8H,7H2,1-3H3,(H2,15,19)(H,16,18). The smallest absolute Gasteiger partial charge is 0.224 e. The molecular formula is C13H18ClN3OS. The molecule has 6 heteroatoms. The summed E-state index contributed by atoms with van der Waals surface area (Å²) in [4.78, 5) is 13.8. The lowest BCUT2D eigenvalue weighted by Gasteiger charge is -2.24. The second-order valence-electron chi connectivity index (χ2n) is 4.43. The number of anilines is 1. The Labute approximate surface area is 123 Å². The van der Waals surface area contributed by atoms with Crippen molar-refractivity contribution in [3.05, 3.63) is 28.8 Å². The summed E-state index contributed by atoms with van der Waals surface area (Å²) in [5.41, 5.74) is 7.13. The molecule has 0 saturated heterocycles. The highest BCUT2D eigenvalue weighted by Crippen LogP contribution is 2.26. The van der Waals surface area contributed by atoms with Crippen LogP contribution in [0, 0.1) is 5.92 Å². The van der Waals surface area contributed by atoms with Gasteiger partial charge < -0.3 is 16.0 Å². The van der Waals surface area contributed by atoms with Crippen molar-refractivity contribution in [1.82, 2.24) is 5.32 Å². The lowest BCUT2D eigenvalue weighted by molar-refractivity contribution is -0.123. The number of amides is 1. The van der Waals surface area contributed by atoms with Crippen LogP contribution in [-0.4, -0.2) is 31.5 Å². The van der Waals surface area contributed by atoms with Crippen molar-refractivity contribution < 1.29 is 4.79 Å². The molecule has 1 aromatic rings. The predicted molar refractivity (Wildman–Crippen MR) is 83.8 cm³/mol. The molecule has 1 aromatic carbocycles. The van der Waals surface area contributed by atoms with Crippen LogP contribution >= 0.6 is 23.8 Å². The minimum atomic E-state index is -0.124. The van der Waals surface area contributed by atoms with Crippen molar-refractivity contribution in [3.63, 3.8) is 0 Å². The summed E-state index contributed by atoms with van der Waals surface area (Å²) in [6.07, 6.45) is 0. The maximum atomic E-state index is 11.5. The summed E-state index contributed by atoms with van der Waals surface area (Å²) in [6.45, 7) is 2.44. The first-order valence-corrected chi connectivity index (χ1v) is 6.67. The largest absolute Gasteiger partial charge is 0.389 e. The van der Waals surface area contributed by atoms with E-state index in [4.69, 9.17) is 29.6 Å². The van der Waals surface area contributed by atoms with Gasteiger partial charge in [-0.2, -0.15) is 0 Å². The molecule has 0 aliphatic rings. The molecule has 0 heterocycles. The van der Waals surface area contributed by atoms with E-state index in [1.807, 2.05) is 31.0 Å². The van der Waals surface area contributed by atoms with Gasteiger partial charge in [-0.3, -0.25) is 4.79 Å². The van der Waals surface area contributed by atoms with Gasteiger partial charge in [0.05, 0.1) is 16.6 Å². The van der Waals surface area contributed by atoms with E-state index in [9.17, 15) is 4.79 Å². The summed E-state index contributed by atoms with van der Waals surface area (Å²) in [5, 5.41) is 3.19. The summed E-state index contributed by atoms with van der Waals surface area (Å²) < 4.78 is 0. The Morgan fingerprint density at radius 3 is 2.68 bits per heavy atom. The molecule has 0 saturated carbocycles. The molecule has 104 valence electrons. The van der Waals surface area contributed by atoms with Crippen molar-refractivity contribution in [1.29, 1.82) is 0 Å². The number of nitrogens with zero attached hydrogens (tertiary/aromatic N) is 1. The molecule has 0 fully saturated rings. The van der Waals surface area contributed by atoms with Crippen molar-refractivity contribution in [2.24, 2.45) is 11.7 Å². The Balaban J connectivity index is 2.85. The zero-order valence-electron chi connectivity index (χ0n) is 11.2. The summed E-state index contributed by atoms with van der Waals surface area (Å²) in [5.74, 6) is -0.121. The van der Waals surface area contributed by atoms with Crippen LogP contribution in [0.5, 0.6) is 0 Å². The van der Waals surface area contributed by atoms with E-state index in [0.29, 0.717) is 16.6 Å². The van der Waals surface area contributed by atoms with E-state index >= 15 is 0 Å². The number of halogens is 1. The van der Waals surface area contributed by atoms with Gasteiger partial charge in [-0.25, -0.2) is 0 Å². The van der Waals surface area contributed by atoms with Gasteiger partial charge in [-0.05, 0) is 18.2 Å². The lowest BCUT2D eigenvalue weighted by Crippen LogP contribution is -2.34. The zero-order valence-corrected chi connectivity index (χ0v) is 12.8. The van der Waals surface area contributed by atoms with Gasteiger partial charge in [0, 0.05) is 26.2 Å². The van der Waals surface area contributed by atoms with Crippen LogP contribution in [-0.2, 0) is 4.79 Å². The lowest BCUT2D eigenvalue weighted by atomic mass is 10.1. The SMILES string of the molecule is CNC(=O)C(C)CN(C)c1ccc(C(N)=S)cc1Cl. The van der Waals surface area contributed by atoms with Crippen molar-refractivity contribution in [3.8, 4) is 0 Å². The molecule has 0 aliphatic carbocycles. The quantitative estimate of drug-likeness (QED) is 0.814. The average Bonchev–Trinajstić information content (AvgIpc) is 2.37. The third-order valence-corrected chi connectivity index (χ3v) is 3.42. The van der Waals surface area contributed by atoms with Gasteiger partial charge in [0.2, 0.25) is 5.91 Å². The van der Waals surface area contributed by atoms with E-state index in [1.54, 1.807) is 13.1 Å². The fourth-order valence-electron chi connectivity index (χ4n) is 1.81. The molecule has 0 radical (unpaired) electrons. The van der Waals surface area contributed by atoms with Crippen LogP contribution in [0.2, 0.25) is 5.02 Å². The monoisotopic (exact) mass is 299 g/mol. The number of rotatable bonds is 5. The van der Waals surface area contributed by atoms with Crippen molar-refractivity contribution in [2.45, 2.75) is 6.92 Å². The van der Waals surface area contributed by atoms with Gasteiger partial charge in [-0.15, -0.1) is 0 Å². The maximum absolute atomic E-state index is 11.5. The van der Waals surface area contributed by atoms with Crippen LogP contribution in [0.4, 0.5) is 5.69 Å². The fourth-order valence-corrected chi connectivity index (χ4v) is 2.26. The van der Waals surface area contributed by atoms with Gasteiger partial charge in [-0.1, -0.05) is 30.7 Å². The normalized spacial score (nSPS) is 11.8. The second kappa shape index (κ2) is 6.73. The van der Waals surface area contributed by atoms with E-state index < -0.39 is 0 Å². The minimum absolute atomic E-state index is 0.00253. The van der Waals surface area contributed by atoms with Gasteiger partial charge in [0.1, 0.15) is 4.99 Å². The number of carbonyl (C=O) groups excluding carboxylic acids is 1. The van der Waals surface area contributed by atoms with Crippen LogP contribution in [0.1, 0.15) is 12.5 Å². The zero-order chi connectivity index (χ0) is 14.6. The maximum Gasteiger partial charge on any atom is 0.224 e. The molecule has 1 unspecified atom stereocenters. The van der Waals surface area contributed by atoms with Crippen LogP contribution in [0.3, 0.4) is 0 Å². The Morgan fingerprint density at radius 1 is 1.58 bits per heavy atom. The first-order chi connectivity index (χ1) is 8.86. The van der Waals surface area contributed by atoms with Crippen LogP contribution < -0.4 is 16.0 Å². The molecular weight excluding hydrogens is 282 g/mol. The molecule has 1 atom stereocenters. The first-order valence-electron chi connectivity index (χ1n) is 5.89. The molecule has 0 aliphatic heterocycles. The third kappa shape index (κ3) is 4.08. The van der Waals surface area contributed by atoms with E-state index in [1.165, 1.54) is 0 Å². The molecule has 3 N–H and O–H groups in total. The second-order valence-corrected chi connectivity index (χ2v) is 5.27. The molecule has 4 nitrogen and oxygen atoms in total. The van der Waals surface area contributed by atoms with Gasteiger partial charge in [0.15, 0.2) is 0 Å². The van der Waals surface area contributed by atoms with E-state index in [0.717, 1.165) is 11.3 Å². The number of thiocarbonyl (C=S) groups is 1. The molecule has 0 spiro atoms. The third-order valence-electron chi connectivity index (χ3n) is 2.89. The Kier molecular flexibility index (Phi) is 5.57. The number of carbonyl (C=O) groups is 1. The number of hydrogen-bond acceptors (Lipinski definition) is 3. The Hall–Kier alpha value is -1.33. The van der Waals surface area contributed by atoms with Crippen LogP contribution in [0.15, 0.2) is 18.2 Å². The van der Waals surface area contributed by atoms with E-state index in [-0.39, 0.29) is 11.8 Å². The predicted octanol–water partition coefficient (Wildman–Crippen LogP) is 1.79. The topological polar surface area (TPSA) is 58.4 Å². The molecule has 1 rings (SSSR count). The Bertz CT molecular complexity index is 493. The molecule has 19 heavy (non-hydrogen) atoms. The van der Waals surface area contributed by atoms with Crippen molar-refractivity contribution in [2.75, 3.05) is 25.5 Å². The van der Waals surface area contributed by atoms with Gasteiger partial charge in [0.25, 0.3) is 0 Å². The van der Waals surface area contributed by atoms with Crippen molar-refractivity contribution >= 4 is 40.4 Å². The number of nitrogens with two attached hydrogens (primary N) is 1. The fraction of sp³-hybridized carbons (Fsp3) is 0.385. The number of hydrogen-bond donors (Lipinski definition) is 2. The summed E-state index contributed by atoms with van der Waals surface area (Å²) in [6, 6.07) is 5.41. The van der Waals surface area contributed by atoms with Gasteiger partial charge >= 0.3 is 0 Å². The van der Waals surface area contributed by atoms with E-state index in [2.05, 4.69) is 5.32 Å². The minimum Gasteiger partial charge on any atom is -0.389 e. The average molecular weight is 300 g/mol. The number of benzene rings is 1. The highest BCUT2D eigenvalue weighted by Gasteiger charge is 2.15. The first kappa shape index (κ1) is 15.7.